The molecule has 1 aromatic heterocycles. The predicted molar refractivity (Wildman–Crippen MR) is 87.6 cm³/mol. The van der Waals surface area contributed by atoms with Crippen LogP contribution in [0.1, 0.15) is 30.0 Å². The van der Waals surface area contributed by atoms with E-state index in [2.05, 4.69) is 23.3 Å². The Hall–Kier alpha value is -1.91. The average Bonchev–Trinajstić information content (AvgIpc) is 2.92. The molecule has 2 N–H and O–H groups in total. The number of phenols is 1. The van der Waals surface area contributed by atoms with Crippen LogP contribution in [0.25, 0.3) is 10.2 Å². The van der Waals surface area contributed by atoms with Gasteiger partial charge in [0.2, 0.25) is 0 Å². The zero-order valence-electron chi connectivity index (χ0n) is 11.9. The number of para-hydroxylation sites is 2. The molecule has 0 aliphatic rings. The molecule has 0 saturated carbocycles. The van der Waals surface area contributed by atoms with Crippen LogP contribution in [0.15, 0.2) is 48.5 Å². The normalized spacial score (nSPS) is 12.6. The second kappa shape index (κ2) is 6.24. The number of benzene rings is 2. The zero-order valence-corrected chi connectivity index (χ0v) is 12.7. The molecule has 0 fully saturated rings. The summed E-state index contributed by atoms with van der Waals surface area (Å²) in [6.45, 7) is 2.83. The maximum Gasteiger partial charge on any atom is 0.120 e. The summed E-state index contributed by atoms with van der Waals surface area (Å²) in [4.78, 5) is 4.63. The van der Waals surface area contributed by atoms with Crippen molar-refractivity contribution in [2.24, 2.45) is 0 Å². The summed E-state index contributed by atoms with van der Waals surface area (Å²) in [6, 6.07) is 15.8. The first-order valence-electron chi connectivity index (χ1n) is 7.13. The third kappa shape index (κ3) is 3.06. The number of aromatic hydroxyl groups is 1. The largest absolute Gasteiger partial charge is 0.508 e. The van der Waals surface area contributed by atoms with Crippen LogP contribution in [-0.4, -0.2) is 10.1 Å². The van der Waals surface area contributed by atoms with Crippen LogP contribution in [0, 0.1) is 0 Å². The third-order valence-corrected chi connectivity index (χ3v) is 4.59. The van der Waals surface area contributed by atoms with Crippen LogP contribution in [-0.2, 0) is 6.54 Å². The van der Waals surface area contributed by atoms with Gasteiger partial charge in [0, 0.05) is 18.2 Å². The summed E-state index contributed by atoms with van der Waals surface area (Å²) in [6.07, 6.45) is 0.919. The van der Waals surface area contributed by atoms with Crippen molar-refractivity contribution < 1.29 is 5.11 Å². The van der Waals surface area contributed by atoms with Gasteiger partial charge in [0.15, 0.2) is 0 Å². The number of hydrogen-bond donors (Lipinski definition) is 2. The van der Waals surface area contributed by atoms with Gasteiger partial charge in [-0.25, -0.2) is 4.98 Å². The summed E-state index contributed by atoms with van der Waals surface area (Å²) < 4.78 is 1.21. The van der Waals surface area contributed by atoms with Crippen LogP contribution in [0.2, 0.25) is 0 Å². The van der Waals surface area contributed by atoms with Crippen molar-refractivity contribution in [1.82, 2.24) is 10.3 Å². The number of nitrogens with zero attached hydrogens (tertiary/aromatic N) is 1. The third-order valence-electron chi connectivity index (χ3n) is 3.56. The van der Waals surface area contributed by atoms with Crippen LogP contribution >= 0.6 is 11.3 Å². The molecule has 108 valence electrons. The first kappa shape index (κ1) is 14.0. The first-order valence-corrected chi connectivity index (χ1v) is 7.95. The Balaban J connectivity index is 1.74. The minimum atomic E-state index is 0.137. The van der Waals surface area contributed by atoms with E-state index in [4.69, 9.17) is 0 Å². The van der Waals surface area contributed by atoms with Crippen molar-refractivity contribution in [2.45, 2.75) is 25.9 Å². The fraction of sp³-hybridized carbons (Fsp3) is 0.235. The Morgan fingerprint density at radius 2 is 1.90 bits per heavy atom. The molecule has 0 amide bonds. The second-order valence-electron chi connectivity index (χ2n) is 4.98. The van der Waals surface area contributed by atoms with Crippen LogP contribution in [0.5, 0.6) is 5.75 Å². The fourth-order valence-electron chi connectivity index (χ4n) is 2.46. The highest BCUT2D eigenvalue weighted by atomic mass is 32.1. The van der Waals surface area contributed by atoms with Crippen molar-refractivity contribution in [3.8, 4) is 5.75 Å². The number of aromatic nitrogens is 1. The lowest BCUT2D eigenvalue weighted by Crippen LogP contribution is -2.20. The van der Waals surface area contributed by atoms with Crippen molar-refractivity contribution in [3.05, 3.63) is 59.1 Å². The highest BCUT2D eigenvalue weighted by Crippen LogP contribution is 2.27. The Morgan fingerprint density at radius 3 is 2.67 bits per heavy atom. The molecule has 1 unspecified atom stereocenters. The number of hydrogen-bond acceptors (Lipinski definition) is 4. The van der Waals surface area contributed by atoms with Gasteiger partial charge in [-0.2, -0.15) is 0 Å². The van der Waals surface area contributed by atoms with Gasteiger partial charge in [0.1, 0.15) is 10.8 Å². The molecule has 3 nitrogen and oxygen atoms in total. The molecule has 1 atom stereocenters. The molecule has 21 heavy (non-hydrogen) atoms. The minimum absolute atomic E-state index is 0.137. The smallest absolute Gasteiger partial charge is 0.120 e. The molecule has 0 spiro atoms. The highest BCUT2D eigenvalue weighted by molar-refractivity contribution is 7.18. The molecule has 2 aromatic carbocycles. The number of phenolic OH excluding ortho intramolecular Hbond substituents is 1. The maximum atomic E-state index is 9.97. The van der Waals surface area contributed by atoms with E-state index in [9.17, 15) is 5.11 Å². The van der Waals surface area contributed by atoms with Crippen LogP contribution in [0.4, 0.5) is 0 Å². The van der Waals surface area contributed by atoms with Crippen molar-refractivity contribution >= 4 is 21.6 Å². The quantitative estimate of drug-likeness (QED) is 0.740. The van der Waals surface area contributed by atoms with E-state index in [-0.39, 0.29) is 6.04 Å². The second-order valence-corrected chi connectivity index (χ2v) is 6.09. The maximum absolute atomic E-state index is 9.97. The number of rotatable bonds is 5. The molecule has 3 rings (SSSR count). The van der Waals surface area contributed by atoms with Gasteiger partial charge in [-0.1, -0.05) is 37.3 Å². The minimum Gasteiger partial charge on any atom is -0.508 e. The van der Waals surface area contributed by atoms with Crippen molar-refractivity contribution in [2.75, 3.05) is 0 Å². The molecule has 4 heteroatoms. The van der Waals surface area contributed by atoms with E-state index in [0.29, 0.717) is 12.3 Å². The molecule has 0 saturated heterocycles. The van der Waals surface area contributed by atoms with E-state index in [0.717, 1.165) is 22.5 Å². The summed E-state index contributed by atoms with van der Waals surface area (Å²) in [5.41, 5.74) is 2.00. The molecule has 0 aliphatic carbocycles. The standard InChI is InChI=1S/C17H18N2OS/c1-2-13(12-7-3-5-9-15(12)20)18-11-17-19-14-8-4-6-10-16(14)21-17/h3-10,13,18,20H,2,11H2,1H3. The van der Waals surface area contributed by atoms with E-state index < -0.39 is 0 Å². The lowest BCUT2D eigenvalue weighted by molar-refractivity contribution is 0.440. The van der Waals surface area contributed by atoms with Gasteiger partial charge in [0.25, 0.3) is 0 Å². The van der Waals surface area contributed by atoms with E-state index in [1.54, 1.807) is 17.4 Å². The number of nitrogens with one attached hydrogen (secondary N) is 1. The van der Waals surface area contributed by atoms with Gasteiger partial charge in [-0.15, -0.1) is 11.3 Å². The SMILES string of the molecule is CCC(NCc1nc2ccccc2s1)c1ccccc1O. The lowest BCUT2D eigenvalue weighted by Gasteiger charge is -2.17. The summed E-state index contributed by atoms with van der Waals surface area (Å²) >= 11 is 1.71. The van der Waals surface area contributed by atoms with E-state index >= 15 is 0 Å². The lowest BCUT2D eigenvalue weighted by atomic mass is 10.0. The van der Waals surface area contributed by atoms with E-state index in [1.165, 1.54) is 4.70 Å². The Bertz CT molecular complexity index is 705. The van der Waals surface area contributed by atoms with Gasteiger partial charge < -0.3 is 10.4 Å². The van der Waals surface area contributed by atoms with Gasteiger partial charge in [0.05, 0.1) is 10.2 Å². The Kier molecular flexibility index (Phi) is 4.18. The molecule has 1 heterocycles. The van der Waals surface area contributed by atoms with Gasteiger partial charge in [-0.05, 0) is 24.6 Å². The topological polar surface area (TPSA) is 45.2 Å². The molecule has 0 bridgehead atoms. The van der Waals surface area contributed by atoms with Crippen LogP contribution in [0.3, 0.4) is 0 Å². The predicted octanol–water partition coefficient (Wildman–Crippen LogP) is 4.24. The molecule has 0 aliphatic heterocycles. The Morgan fingerprint density at radius 1 is 1.14 bits per heavy atom. The molecular weight excluding hydrogens is 280 g/mol. The summed E-state index contributed by atoms with van der Waals surface area (Å²) in [5, 5.41) is 14.5. The average molecular weight is 298 g/mol. The first-order chi connectivity index (χ1) is 10.3. The summed E-state index contributed by atoms with van der Waals surface area (Å²) in [5.74, 6) is 0.348. The fourth-order valence-corrected chi connectivity index (χ4v) is 3.38. The summed E-state index contributed by atoms with van der Waals surface area (Å²) in [7, 11) is 0. The van der Waals surface area contributed by atoms with E-state index in [1.807, 2.05) is 36.4 Å². The molecule has 3 aromatic rings. The van der Waals surface area contributed by atoms with Gasteiger partial charge >= 0.3 is 0 Å². The molecule has 0 radical (unpaired) electrons. The van der Waals surface area contributed by atoms with Gasteiger partial charge in [-0.3, -0.25) is 0 Å². The monoisotopic (exact) mass is 298 g/mol. The van der Waals surface area contributed by atoms with Crippen molar-refractivity contribution in [1.29, 1.82) is 0 Å². The zero-order chi connectivity index (χ0) is 14.7. The molecular formula is C17H18N2OS. The number of fused-ring (bicyclic) bond motifs is 1. The Labute approximate surface area is 128 Å². The number of thiazole rings is 1. The van der Waals surface area contributed by atoms with Crippen LogP contribution < -0.4 is 5.32 Å². The highest BCUT2D eigenvalue weighted by Gasteiger charge is 2.13. The van der Waals surface area contributed by atoms with Crippen molar-refractivity contribution in [3.63, 3.8) is 0 Å².